The van der Waals surface area contributed by atoms with Crippen LogP contribution in [0.4, 0.5) is 0 Å². The lowest BCUT2D eigenvalue weighted by Crippen LogP contribution is -2.50. The maximum absolute atomic E-state index is 12.8. The summed E-state index contributed by atoms with van der Waals surface area (Å²) in [5.41, 5.74) is 0. The van der Waals surface area contributed by atoms with E-state index >= 15 is 0 Å². The minimum Gasteiger partial charge on any atom is -0.480 e. The van der Waals surface area contributed by atoms with Gasteiger partial charge in [-0.25, -0.2) is 0 Å². The number of esters is 1. The Kier molecular flexibility index (Phi) is 14.9. The summed E-state index contributed by atoms with van der Waals surface area (Å²) < 4.78 is 5.12. The van der Waals surface area contributed by atoms with E-state index in [2.05, 4.69) is 5.32 Å². The van der Waals surface area contributed by atoms with Gasteiger partial charge in [0.1, 0.15) is 0 Å². The number of nitrogens with one attached hydrogen (secondary N) is 1. The van der Waals surface area contributed by atoms with Crippen LogP contribution in [0, 0.1) is 11.8 Å². The summed E-state index contributed by atoms with van der Waals surface area (Å²) in [6.45, 7) is 4.92. The molecule has 1 aliphatic heterocycles. The zero-order valence-electron chi connectivity index (χ0n) is 23.5. The van der Waals surface area contributed by atoms with E-state index in [-0.39, 0.29) is 49.9 Å². The standard InChI is InChI=1S/C26H45N5O9/c1-2-40-26(39)21-5-3-20(4-6-21)15-27-22(32)16-28-7-9-29(17-23(33)34)11-13-31(19-25(37)38)14-12-30(10-8-28)18-24(35)36/h20-21H,2-19H2,1H3,(H,27,32)(H,33,34)(H,35,36)(H,37,38). The molecule has 1 aliphatic carbocycles. The third kappa shape index (κ3) is 13.5. The SMILES string of the molecule is CCOC(=O)C1CCC(CNC(=O)CN2CCN(CC(=O)O)CCN(CC(=O)O)CCN(CC(=O)O)CC2)CC1. The molecule has 2 fully saturated rings. The first-order chi connectivity index (χ1) is 19.0. The Balaban J connectivity index is 1.96. The van der Waals surface area contributed by atoms with Crippen LogP contribution < -0.4 is 5.32 Å². The quantitative estimate of drug-likeness (QED) is 0.209. The van der Waals surface area contributed by atoms with Crippen molar-refractivity contribution in [2.45, 2.75) is 32.6 Å². The van der Waals surface area contributed by atoms with Gasteiger partial charge in [-0.3, -0.25) is 43.6 Å². The first-order valence-electron chi connectivity index (χ1n) is 14.0. The topological polar surface area (TPSA) is 180 Å². The van der Waals surface area contributed by atoms with Crippen molar-refractivity contribution in [1.82, 2.24) is 24.9 Å². The van der Waals surface area contributed by atoms with Gasteiger partial charge in [0.05, 0.1) is 38.7 Å². The summed E-state index contributed by atoms with van der Waals surface area (Å²) in [4.78, 5) is 66.0. The van der Waals surface area contributed by atoms with Crippen molar-refractivity contribution in [3.8, 4) is 0 Å². The Labute approximate surface area is 235 Å². The second-order valence-corrected chi connectivity index (χ2v) is 10.6. The van der Waals surface area contributed by atoms with E-state index in [1.54, 1.807) is 21.6 Å². The number of hydrogen-bond donors (Lipinski definition) is 4. The minimum atomic E-state index is -1.01. The van der Waals surface area contributed by atoms with Crippen molar-refractivity contribution >= 4 is 29.8 Å². The van der Waals surface area contributed by atoms with E-state index in [9.17, 15) is 39.3 Å². The van der Waals surface area contributed by atoms with Crippen molar-refractivity contribution in [3.05, 3.63) is 0 Å². The molecule has 0 unspecified atom stereocenters. The molecule has 228 valence electrons. The number of aliphatic carboxylic acids is 3. The molecule has 14 nitrogen and oxygen atoms in total. The minimum absolute atomic E-state index is 0.0760. The van der Waals surface area contributed by atoms with Gasteiger partial charge in [0, 0.05) is 58.9 Å². The molecular formula is C26H45N5O9. The summed E-state index contributed by atoms with van der Waals surface area (Å²) in [6, 6.07) is 0. The summed E-state index contributed by atoms with van der Waals surface area (Å²) >= 11 is 0. The average Bonchev–Trinajstić information content (AvgIpc) is 2.88. The fourth-order valence-electron chi connectivity index (χ4n) is 5.16. The highest BCUT2D eigenvalue weighted by Gasteiger charge is 2.27. The van der Waals surface area contributed by atoms with Crippen molar-refractivity contribution in [2.75, 3.05) is 91.7 Å². The highest BCUT2D eigenvalue weighted by atomic mass is 16.5. The number of ether oxygens (including phenoxy) is 1. The molecule has 40 heavy (non-hydrogen) atoms. The number of rotatable bonds is 12. The number of carboxylic acid groups (broad SMARTS) is 3. The van der Waals surface area contributed by atoms with Crippen molar-refractivity contribution < 1.29 is 44.0 Å². The predicted octanol–water partition coefficient (Wildman–Crippen LogP) is -1.05. The second kappa shape index (κ2) is 17.8. The Hall–Kier alpha value is -2.81. The monoisotopic (exact) mass is 571 g/mol. The lowest BCUT2D eigenvalue weighted by molar-refractivity contribution is -0.149. The number of carbonyl (C=O) groups is 5. The van der Waals surface area contributed by atoms with Gasteiger partial charge in [-0.05, 0) is 38.5 Å². The van der Waals surface area contributed by atoms with Gasteiger partial charge in [-0.15, -0.1) is 0 Å². The van der Waals surface area contributed by atoms with Gasteiger partial charge in [-0.2, -0.15) is 0 Å². The second-order valence-electron chi connectivity index (χ2n) is 10.6. The average molecular weight is 572 g/mol. The van der Waals surface area contributed by atoms with Crippen molar-refractivity contribution in [2.24, 2.45) is 11.8 Å². The molecule has 1 heterocycles. The number of nitrogens with zero attached hydrogens (tertiary/aromatic N) is 4. The number of carbonyl (C=O) groups excluding carboxylic acids is 2. The first kappa shape index (κ1) is 33.4. The van der Waals surface area contributed by atoms with E-state index in [0.717, 1.165) is 25.7 Å². The van der Waals surface area contributed by atoms with E-state index in [1.807, 2.05) is 4.90 Å². The number of carboxylic acids is 3. The molecular weight excluding hydrogens is 526 g/mol. The zero-order valence-corrected chi connectivity index (χ0v) is 23.5. The van der Waals surface area contributed by atoms with Gasteiger partial charge in [0.25, 0.3) is 0 Å². The summed E-state index contributed by atoms with van der Waals surface area (Å²) in [5.74, 6) is -3.10. The third-order valence-electron chi connectivity index (χ3n) is 7.43. The zero-order chi connectivity index (χ0) is 29.5. The van der Waals surface area contributed by atoms with Crippen LogP contribution in [-0.2, 0) is 28.7 Å². The Morgan fingerprint density at radius 3 is 1.38 bits per heavy atom. The van der Waals surface area contributed by atoms with E-state index in [4.69, 9.17) is 4.74 Å². The molecule has 2 rings (SSSR count). The van der Waals surface area contributed by atoms with Crippen LogP contribution in [0.25, 0.3) is 0 Å². The molecule has 0 aromatic carbocycles. The number of hydrogen-bond acceptors (Lipinski definition) is 10. The summed E-state index contributed by atoms with van der Waals surface area (Å²) in [6.07, 6.45) is 3.16. The molecule has 0 radical (unpaired) electrons. The highest BCUT2D eigenvalue weighted by molar-refractivity contribution is 5.78. The molecule has 1 amide bonds. The van der Waals surface area contributed by atoms with Crippen molar-refractivity contribution in [3.63, 3.8) is 0 Å². The maximum Gasteiger partial charge on any atom is 0.317 e. The van der Waals surface area contributed by atoms with E-state index in [0.29, 0.717) is 65.5 Å². The molecule has 0 atom stereocenters. The fraction of sp³-hybridized carbons (Fsp3) is 0.808. The van der Waals surface area contributed by atoms with Crippen LogP contribution in [-0.4, -0.2) is 156 Å². The molecule has 0 aromatic rings. The Morgan fingerprint density at radius 1 is 0.650 bits per heavy atom. The Bertz CT molecular complexity index is 818. The maximum atomic E-state index is 12.8. The van der Waals surface area contributed by atoms with Gasteiger partial charge in [-0.1, -0.05) is 0 Å². The largest absolute Gasteiger partial charge is 0.480 e. The molecule has 4 N–H and O–H groups in total. The van der Waals surface area contributed by atoms with Crippen LogP contribution in [0.3, 0.4) is 0 Å². The lowest BCUT2D eigenvalue weighted by atomic mass is 9.82. The van der Waals surface area contributed by atoms with E-state index in [1.165, 1.54) is 0 Å². The van der Waals surface area contributed by atoms with Crippen LogP contribution in [0.1, 0.15) is 32.6 Å². The third-order valence-corrected chi connectivity index (χ3v) is 7.43. The lowest BCUT2D eigenvalue weighted by Gasteiger charge is -2.33. The summed E-state index contributed by atoms with van der Waals surface area (Å²) in [5, 5.41) is 30.9. The molecule has 1 saturated carbocycles. The van der Waals surface area contributed by atoms with Crippen LogP contribution >= 0.6 is 0 Å². The van der Waals surface area contributed by atoms with Crippen molar-refractivity contribution in [1.29, 1.82) is 0 Å². The van der Waals surface area contributed by atoms with Gasteiger partial charge in [0.15, 0.2) is 0 Å². The Morgan fingerprint density at radius 2 is 1.02 bits per heavy atom. The first-order valence-corrected chi connectivity index (χ1v) is 14.0. The highest BCUT2D eigenvalue weighted by Crippen LogP contribution is 2.29. The molecule has 1 saturated heterocycles. The molecule has 0 spiro atoms. The smallest absolute Gasteiger partial charge is 0.317 e. The number of amides is 1. The molecule has 14 heteroatoms. The summed E-state index contributed by atoms with van der Waals surface area (Å²) in [7, 11) is 0. The van der Waals surface area contributed by atoms with Gasteiger partial charge < -0.3 is 25.4 Å². The molecule has 0 bridgehead atoms. The fourth-order valence-corrected chi connectivity index (χ4v) is 5.16. The van der Waals surface area contributed by atoms with Crippen LogP contribution in [0.2, 0.25) is 0 Å². The van der Waals surface area contributed by atoms with Crippen LogP contribution in [0.15, 0.2) is 0 Å². The van der Waals surface area contributed by atoms with Gasteiger partial charge >= 0.3 is 23.9 Å². The van der Waals surface area contributed by atoms with Gasteiger partial charge in [0.2, 0.25) is 5.91 Å². The van der Waals surface area contributed by atoms with E-state index < -0.39 is 17.9 Å². The van der Waals surface area contributed by atoms with Crippen LogP contribution in [0.5, 0.6) is 0 Å². The predicted molar refractivity (Wildman–Crippen MR) is 144 cm³/mol. The molecule has 2 aliphatic rings. The normalized spacial score (nSPS) is 22.9. The molecule has 0 aromatic heterocycles.